The van der Waals surface area contributed by atoms with Crippen molar-refractivity contribution >= 4 is 22.2 Å². The number of H-pyrrole nitrogens is 2. The monoisotopic (exact) mass is 274 g/mol. The Balaban J connectivity index is 2.56. The quantitative estimate of drug-likeness (QED) is 0.645. The van der Waals surface area contributed by atoms with Crippen LogP contribution in [0.5, 0.6) is 11.5 Å². The first kappa shape index (κ1) is 12.2. The molecule has 1 aromatic carbocycles. The van der Waals surface area contributed by atoms with Gasteiger partial charge in [0.2, 0.25) is 0 Å². The second-order valence-corrected chi connectivity index (χ2v) is 4.00. The Labute approximate surface area is 111 Å². The highest BCUT2D eigenvalue weighted by Gasteiger charge is 2.14. The molecule has 3 aromatic rings. The second-order valence-electron chi connectivity index (χ2n) is 4.00. The molecule has 0 unspecified atom stereocenters. The Bertz CT molecular complexity index is 928. The molecule has 0 radical (unpaired) electrons. The molecule has 0 saturated heterocycles. The van der Waals surface area contributed by atoms with Gasteiger partial charge in [-0.3, -0.25) is 14.8 Å². The zero-order chi connectivity index (χ0) is 14.3. The number of methoxy groups -OCH3 is 2. The summed E-state index contributed by atoms with van der Waals surface area (Å²) in [5, 5.41) is 0. The van der Waals surface area contributed by atoms with Gasteiger partial charge in [0.25, 0.3) is 5.56 Å². The Morgan fingerprint density at radius 3 is 2.10 bits per heavy atom. The molecule has 0 spiro atoms. The summed E-state index contributed by atoms with van der Waals surface area (Å²) in [5.41, 5.74) is -0.333. The standard InChI is InChI=1S/C12H10N4O4/c1-19-5-3-4-6(20-2)8-7(5)13-9-10(14-8)15-12(18)16-11(9)17/h3-4H,1-2H3,(H2,14,15,16,17,18). The van der Waals surface area contributed by atoms with E-state index >= 15 is 0 Å². The number of rotatable bonds is 2. The summed E-state index contributed by atoms with van der Waals surface area (Å²) in [6, 6.07) is 3.34. The SMILES string of the molecule is COc1ccc(OC)c2nc3c(=O)[nH]c(=O)[nH]c3nc12. The molecule has 2 heterocycles. The number of fused-ring (bicyclic) bond motifs is 2. The third-order valence-corrected chi connectivity index (χ3v) is 2.86. The zero-order valence-corrected chi connectivity index (χ0v) is 10.7. The molecule has 2 aromatic heterocycles. The molecular weight excluding hydrogens is 264 g/mol. The molecular formula is C12H10N4O4. The van der Waals surface area contributed by atoms with Crippen LogP contribution < -0.4 is 20.7 Å². The van der Waals surface area contributed by atoms with Gasteiger partial charge in [-0.05, 0) is 12.1 Å². The molecule has 0 bridgehead atoms. The highest BCUT2D eigenvalue weighted by Crippen LogP contribution is 2.30. The molecule has 8 heteroatoms. The van der Waals surface area contributed by atoms with Crippen molar-refractivity contribution in [2.45, 2.75) is 0 Å². The van der Waals surface area contributed by atoms with Crippen molar-refractivity contribution in [2.75, 3.05) is 14.2 Å². The summed E-state index contributed by atoms with van der Waals surface area (Å²) in [4.78, 5) is 36.0. The van der Waals surface area contributed by atoms with Crippen LogP contribution in [0.15, 0.2) is 21.7 Å². The van der Waals surface area contributed by atoms with Gasteiger partial charge in [-0.2, -0.15) is 0 Å². The van der Waals surface area contributed by atoms with Crippen molar-refractivity contribution < 1.29 is 9.47 Å². The van der Waals surface area contributed by atoms with Gasteiger partial charge in [-0.1, -0.05) is 0 Å². The van der Waals surface area contributed by atoms with Crippen molar-refractivity contribution in [3.05, 3.63) is 33.0 Å². The van der Waals surface area contributed by atoms with Crippen molar-refractivity contribution in [2.24, 2.45) is 0 Å². The number of nitrogens with zero attached hydrogens (tertiary/aromatic N) is 2. The Morgan fingerprint density at radius 2 is 1.50 bits per heavy atom. The van der Waals surface area contributed by atoms with Crippen LogP contribution in [-0.4, -0.2) is 34.2 Å². The maximum absolute atomic E-state index is 11.7. The third-order valence-electron chi connectivity index (χ3n) is 2.86. The first-order valence-corrected chi connectivity index (χ1v) is 5.69. The average Bonchev–Trinajstić information content (AvgIpc) is 2.44. The largest absolute Gasteiger partial charge is 0.494 e. The van der Waals surface area contributed by atoms with Gasteiger partial charge in [0.1, 0.15) is 22.5 Å². The first-order valence-electron chi connectivity index (χ1n) is 5.69. The summed E-state index contributed by atoms with van der Waals surface area (Å²) in [5.74, 6) is 0.928. The lowest BCUT2D eigenvalue weighted by Gasteiger charge is -2.08. The number of nitrogens with one attached hydrogen (secondary N) is 2. The number of aromatic nitrogens is 4. The summed E-state index contributed by atoms with van der Waals surface area (Å²) >= 11 is 0. The van der Waals surface area contributed by atoms with Gasteiger partial charge in [0.15, 0.2) is 11.2 Å². The van der Waals surface area contributed by atoms with Crippen LogP contribution in [-0.2, 0) is 0 Å². The van der Waals surface area contributed by atoms with E-state index in [0.717, 1.165) is 0 Å². The minimum Gasteiger partial charge on any atom is -0.494 e. The van der Waals surface area contributed by atoms with E-state index in [1.807, 2.05) is 0 Å². The fourth-order valence-corrected chi connectivity index (χ4v) is 1.96. The number of ether oxygens (including phenoxy) is 2. The van der Waals surface area contributed by atoms with Crippen LogP contribution >= 0.6 is 0 Å². The van der Waals surface area contributed by atoms with Crippen LogP contribution in [0.2, 0.25) is 0 Å². The number of benzene rings is 1. The van der Waals surface area contributed by atoms with Gasteiger partial charge in [0.05, 0.1) is 14.2 Å². The van der Waals surface area contributed by atoms with E-state index in [0.29, 0.717) is 22.5 Å². The summed E-state index contributed by atoms with van der Waals surface area (Å²) < 4.78 is 10.4. The lowest BCUT2D eigenvalue weighted by molar-refractivity contribution is 0.409. The van der Waals surface area contributed by atoms with E-state index in [9.17, 15) is 9.59 Å². The van der Waals surface area contributed by atoms with Gasteiger partial charge < -0.3 is 9.47 Å². The topological polar surface area (TPSA) is 110 Å². The summed E-state index contributed by atoms with van der Waals surface area (Å²) in [7, 11) is 2.98. The Kier molecular flexibility index (Phi) is 2.63. The minimum atomic E-state index is -0.641. The van der Waals surface area contributed by atoms with E-state index < -0.39 is 11.2 Å². The predicted octanol–water partition coefficient (Wildman–Crippen LogP) is 0.177. The van der Waals surface area contributed by atoms with E-state index in [4.69, 9.17) is 9.47 Å². The maximum Gasteiger partial charge on any atom is 0.327 e. The van der Waals surface area contributed by atoms with Gasteiger partial charge in [-0.25, -0.2) is 14.8 Å². The second kappa shape index (κ2) is 4.34. The highest BCUT2D eigenvalue weighted by molar-refractivity contribution is 5.91. The fourth-order valence-electron chi connectivity index (χ4n) is 1.96. The Hall–Kier alpha value is -2.90. The van der Waals surface area contributed by atoms with Crippen LogP contribution in [0.1, 0.15) is 0 Å². The van der Waals surface area contributed by atoms with Crippen molar-refractivity contribution in [1.82, 2.24) is 19.9 Å². The summed E-state index contributed by atoms with van der Waals surface area (Å²) in [6.07, 6.45) is 0. The van der Waals surface area contributed by atoms with Crippen molar-refractivity contribution in [1.29, 1.82) is 0 Å². The molecule has 0 aliphatic rings. The molecule has 0 aliphatic heterocycles. The van der Waals surface area contributed by atoms with Crippen LogP contribution in [0.4, 0.5) is 0 Å². The predicted molar refractivity (Wildman–Crippen MR) is 71.4 cm³/mol. The van der Waals surface area contributed by atoms with Crippen LogP contribution in [0.25, 0.3) is 22.2 Å². The van der Waals surface area contributed by atoms with E-state index in [-0.39, 0.29) is 11.2 Å². The molecule has 2 N–H and O–H groups in total. The minimum absolute atomic E-state index is 0.0312. The van der Waals surface area contributed by atoms with E-state index in [1.54, 1.807) is 12.1 Å². The average molecular weight is 274 g/mol. The molecule has 0 atom stereocenters. The van der Waals surface area contributed by atoms with Gasteiger partial charge >= 0.3 is 5.69 Å². The molecule has 0 amide bonds. The van der Waals surface area contributed by atoms with Gasteiger partial charge in [-0.15, -0.1) is 0 Å². The van der Waals surface area contributed by atoms with E-state index in [2.05, 4.69) is 19.9 Å². The number of hydrogen-bond donors (Lipinski definition) is 2. The zero-order valence-electron chi connectivity index (χ0n) is 10.7. The maximum atomic E-state index is 11.7. The lowest BCUT2D eigenvalue weighted by Crippen LogP contribution is -2.23. The lowest BCUT2D eigenvalue weighted by atomic mass is 10.2. The van der Waals surface area contributed by atoms with E-state index in [1.165, 1.54) is 14.2 Å². The molecule has 20 heavy (non-hydrogen) atoms. The third kappa shape index (κ3) is 1.69. The number of hydrogen-bond acceptors (Lipinski definition) is 6. The smallest absolute Gasteiger partial charge is 0.327 e. The summed E-state index contributed by atoms with van der Waals surface area (Å²) in [6.45, 7) is 0. The number of aromatic amines is 2. The molecule has 8 nitrogen and oxygen atoms in total. The molecule has 0 saturated carbocycles. The molecule has 0 aliphatic carbocycles. The highest BCUT2D eigenvalue weighted by atomic mass is 16.5. The van der Waals surface area contributed by atoms with Gasteiger partial charge in [0, 0.05) is 0 Å². The first-order chi connectivity index (χ1) is 9.63. The Morgan fingerprint density at radius 1 is 0.900 bits per heavy atom. The molecule has 102 valence electrons. The molecule has 0 fully saturated rings. The fraction of sp³-hybridized carbons (Fsp3) is 0.167. The van der Waals surface area contributed by atoms with Crippen molar-refractivity contribution in [3.63, 3.8) is 0 Å². The van der Waals surface area contributed by atoms with Crippen molar-refractivity contribution in [3.8, 4) is 11.5 Å². The van der Waals surface area contributed by atoms with Crippen LogP contribution in [0, 0.1) is 0 Å². The molecule has 3 rings (SSSR count). The van der Waals surface area contributed by atoms with Crippen LogP contribution in [0.3, 0.4) is 0 Å². The normalized spacial score (nSPS) is 10.9.